The van der Waals surface area contributed by atoms with E-state index in [2.05, 4.69) is 17.1 Å². The average molecular weight is 254 g/mol. The van der Waals surface area contributed by atoms with E-state index in [9.17, 15) is 4.79 Å². The third-order valence-corrected chi connectivity index (χ3v) is 4.42. The van der Waals surface area contributed by atoms with Crippen LogP contribution in [0.15, 0.2) is 0 Å². The van der Waals surface area contributed by atoms with Crippen molar-refractivity contribution >= 4 is 5.91 Å². The first kappa shape index (κ1) is 13.8. The molecule has 1 N–H and O–H groups in total. The molecule has 3 atom stereocenters. The smallest absolute Gasteiger partial charge is 0.222 e. The van der Waals surface area contributed by atoms with Crippen molar-refractivity contribution in [1.29, 1.82) is 0 Å². The molecule has 1 amide bonds. The zero-order chi connectivity index (χ0) is 13.0. The Kier molecular flexibility index (Phi) is 5.01. The second-order valence-electron chi connectivity index (χ2n) is 5.79. The van der Waals surface area contributed by atoms with Crippen molar-refractivity contribution < 1.29 is 9.53 Å². The topological polar surface area (TPSA) is 41.6 Å². The molecule has 104 valence electrons. The number of hydrogen-bond acceptors (Lipinski definition) is 3. The van der Waals surface area contributed by atoms with Crippen LogP contribution < -0.4 is 5.32 Å². The molecule has 4 nitrogen and oxygen atoms in total. The summed E-state index contributed by atoms with van der Waals surface area (Å²) in [4.78, 5) is 14.2. The molecule has 0 spiro atoms. The number of carbonyl (C=O) groups excluding carboxylic acids is 1. The molecule has 0 saturated carbocycles. The van der Waals surface area contributed by atoms with Gasteiger partial charge in [-0.2, -0.15) is 0 Å². The first-order chi connectivity index (χ1) is 8.70. The molecule has 0 aliphatic carbocycles. The quantitative estimate of drug-likeness (QED) is 0.821. The maximum atomic E-state index is 12.1. The monoisotopic (exact) mass is 254 g/mol. The van der Waals surface area contributed by atoms with Crippen LogP contribution in [0.2, 0.25) is 0 Å². The van der Waals surface area contributed by atoms with Crippen molar-refractivity contribution in [3.05, 3.63) is 0 Å². The number of likely N-dealkylation sites (tertiary alicyclic amines) is 1. The maximum absolute atomic E-state index is 12.1. The van der Waals surface area contributed by atoms with Gasteiger partial charge >= 0.3 is 0 Å². The van der Waals surface area contributed by atoms with Crippen molar-refractivity contribution in [3.8, 4) is 0 Å². The van der Waals surface area contributed by atoms with Crippen LogP contribution in [0.25, 0.3) is 0 Å². The normalized spacial score (nSPS) is 31.4. The Morgan fingerprint density at radius 1 is 1.44 bits per heavy atom. The van der Waals surface area contributed by atoms with Gasteiger partial charge in [0.15, 0.2) is 0 Å². The third kappa shape index (κ3) is 3.45. The summed E-state index contributed by atoms with van der Waals surface area (Å²) in [5.41, 5.74) is 0. The molecule has 0 radical (unpaired) electrons. The number of amides is 1. The van der Waals surface area contributed by atoms with Crippen molar-refractivity contribution in [2.75, 3.05) is 33.4 Å². The Morgan fingerprint density at radius 2 is 2.28 bits per heavy atom. The van der Waals surface area contributed by atoms with Gasteiger partial charge in [0.2, 0.25) is 5.91 Å². The highest BCUT2D eigenvalue weighted by molar-refractivity contribution is 5.76. The third-order valence-electron chi connectivity index (χ3n) is 4.42. The van der Waals surface area contributed by atoms with E-state index in [1.54, 1.807) is 0 Å². The zero-order valence-corrected chi connectivity index (χ0v) is 11.7. The molecule has 2 saturated heterocycles. The molecule has 2 fully saturated rings. The molecule has 2 aliphatic rings. The summed E-state index contributed by atoms with van der Waals surface area (Å²) in [6.45, 7) is 5.72. The number of nitrogens with one attached hydrogen (secondary N) is 1. The van der Waals surface area contributed by atoms with Crippen LogP contribution in [0.1, 0.15) is 32.6 Å². The first-order valence-electron chi connectivity index (χ1n) is 7.23. The SMILES string of the molecule is CNC(CN1CCC(C)CCC1=O)C1CCOC1. The molecule has 3 unspecified atom stereocenters. The van der Waals surface area contributed by atoms with Crippen LogP contribution in [-0.2, 0) is 9.53 Å². The lowest BCUT2D eigenvalue weighted by molar-refractivity contribution is -0.131. The number of nitrogens with zero attached hydrogens (tertiary/aromatic N) is 1. The lowest BCUT2D eigenvalue weighted by atomic mass is 9.98. The average Bonchev–Trinajstić information content (AvgIpc) is 2.85. The van der Waals surface area contributed by atoms with Crippen molar-refractivity contribution in [3.63, 3.8) is 0 Å². The predicted molar refractivity (Wildman–Crippen MR) is 71.4 cm³/mol. The van der Waals surface area contributed by atoms with Gasteiger partial charge in [-0.25, -0.2) is 0 Å². The van der Waals surface area contributed by atoms with E-state index in [1.807, 2.05) is 7.05 Å². The Labute approximate surface area is 110 Å². The van der Waals surface area contributed by atoms with Crippen LogP contribution in [0.5, 0.6) is 0 Å². The highest BCUT2D eigenvalue weighted by Gasteiger charge is 2.29. The lowest BCUT2D eigenvalue weighted by Crippen LogP contribution is -2.46. The number of carbonyl (C=O) groups is 1. The summed E-state index contributed by atoms with van der Waals surface area (Å²) in [6, 6.07) is 0.379. The van der Waals surface area contributed by atoms with E-state index in [1.165, 1.54) is 0 Å². The lowest BCUT2D eigenvalue weighted by Gasteiger charge is -2.29. The summed E-state index contributed by atoms with van der Waals surface area (Å²) in [5.74, 6) is 1.57. The van der Waals surface area contributed by atoms with Crippen molar-refractivity contribution in [2.24, 2.45) is 11.8 Å². The summed E-state index contributed by atoms with van der Waals surface area (Å²) >= 11 is 0. The Balaban J connectivity index is 1.90. The highest BCUT2D eigenvalue weighted by Crippen LogP contribution is 2.21. The van der Waals surface area contributed by atoms with Gasteiger partial charge in [-0.3, -0.25) is 4.79 Å². The molecule has 0 aromatic heterocycles. The van der Waals surface area contributed by atoms with Crippen LogP contribution in [0, 0.1) is 11.8 Å². The predicted octanol–water partition coefficient (Wildman–Crippen LogP) is 1.26. The second kappa shape index (κ2) is 6.53. The molecular weight excluding hydrogens is 228 g/mol. The standard InChI is InChI=1S/C14H26N2O2/c1-11-3-4-14(17)16(7-5-11)9-13(15-2)12-6-8-18-10-12/h11-13,15H,3-10H2,1-2H3. The van der Waals surface area contributed by atoms with E-state index in [4.69, 9.17) is 4.74 Å². The molecule has 18 heavy (non-hydrogen) atoms. The first-order valence-corrected chi connectivity index (χ1v) is 7.23. The van der Waals surface area contributed by atoms with E-state index in [0.29, 0.717) is 23.8 Å². The molecular formula is C14H26N2O2. The van der Waals surface area contributed by atoms with Crippen LogP contribution in [-0.4, -0.2) is 50.2 Å². The number of hydrogen-bond donors (Lipinski definition) is 1. The molecule has 2 aliphatic heterocycles. The number of likely N-dealkylation sites (N-methyl/N-ethyl adjacent to an activating group) is 1. The van der Waals surface area contributed by atoms with Crippen LogP contribution in [0.3, 0.4) is 0 Å². The molecule has 2 rings (SSSR count). The van der Waals surface area contributed by atoms with Gasteiger partial charge < -0.3 is 15.0 Å². The van der Waals surface area contributed by atoms with Gasteiger partial charge in [0.1, 0.15) is 0 Å². The minimum atomic E-state index is 0.332. The van der Waals surface area contributed by atoms with E-state index in [-0.39, 0.29) is 0 Å². The molecule has 0 bridgehead atoms. The van der Waals surface area contributed by atoms with E-state index in [0.717, 1.165) is 52.0 Å². The second-order valence-corrected chi connectivity index (χ2v) is 5.79. The Bertz CT molecular complexity index is 277. The molecule has 2 heterocycles. The maximum Gasteiger partial charge on any atom is 0.222 e. The highest BCUT2D eigenvalue weighted by atomic mass is 16.5. The fraction of sp³-hybridized carbons (Fsp3) is 0.929. The van der Waals surface area contributed by atoms with Crippen LogP contribution >= 0.6 is 0 Å². The largest absolute Gasteiger partial charge is 0.381 e. The van der Waals surface area contributed by atoms with E-state index < -0.39 is 0 Å². The van der Waals surface area contributed by atoms with Gasteiger partial charge in [-0.15, -0.1) is 0 Å². The minimum Gasteiger partial charge on any atom is -0.381 e. The Hall–Kier alpha value is -0.610. The summed E-state index contributed by atoms with van der Waals surface area (Å²) in [7, 11) is 1.99. The van der Waals surface area contributed by atoms with Gasteiger partial charge in [-0.05, 0) is 32.2 Å². The molecule has 0 aromatic carbocycles. The fourth-order valence-electron chi connectivity index (χ4n) is 2.95. The van der Waals surface area contributed by atoms with Gasteiger partial charge in [0.25, 0.3) is 0 Å². The Morgan fingerprint density at radius 3 is 2.94 bits per heavy atom. The van der Waals surface area contributed by atoms with Gasteiger partial charge in [0.05, 0.1) is 6.61 Å². The van der Waals surface area contributed by atoms with Crippen LogP contribution in [0.4, 0.5) is 0 Å². The number of ether oxygens (including phenoxy) is 1. The summed E-state index contributed by atoms with van der Waals surface area (Å²) in [6.07, 6.45) is 4.03. The van der Waals surface area contributed by atoms with Crippen molar-refractivity contribution in [1.82, 2.24) is 10.2 Å². The van der Waals surface area contributed by atoms with Crippen molar-refractivity contribution in [2.45, 2.75) is 38.6 Å². The summed E-state index contributed by atoms with van der Waals surface area (Å²) < 4.78 is 5.45. The molecule has 4 heteroatoms. The van der Waals surface area contributed by atoms with Gasteiger partial charge in [-0.1, -0.05) is 6.92 Å². The molecule has 0 aromatic rings. The zero-order valence-electron chi connectivity index (χ0n) is 11.7. The summed E-state index contributed by atoms with van der Waals surface area (Å²) in [5, 5.41) is 3.37. The number of rotatable bonds is 4. The minimum absolute atomic E-state index is 0.332. The van der Waals surface area contributed by atoms with E-state index >= 15 is 0 Å². The van der Waals surface area contributed by atoms with Gasteiger partial charge in [0, 0.05) is 38.1 Å². The fourth-order valence-corrected chi connectivity index (χ4v) is 2.95.